The number of fused-ring (bicyclic) bond motifs is 2. The van der Waals surface area contributed by atoms with Crippen LogP contribution in [-0.2, 0) is 4.79 Å². The van der Waals surface area contributed by atoms with Gasteiger partial charge in [0.1, 0.15) is 0 Å². The van der Waals surface area contributed by atoms with Crippen molar-refractivity contribution in [2.24, 2.45) is 16.7 Å². The zero-order valence-electron chi connectivity index (χ0n) is 9.97. The zero-order valence-corrected chi connectivity index (χ0v) is 9.97. The van der Waals surface area contributed by atoms with Gasteiger partial charge in [0.15, 0.2) is 0 Å². The molecule has 84 valence electrons. The van der Waals surface area contributed by atoms with Gasteiger partial charge in [-0.15, -0.1) is 0 Å². The Morgan fingerprint density at radius 3 is 2.53 bits per heavy atom. The van der Waals surface area contributed by atoms with Crippen LogP contribution in [0.15, 0.2) is 12.7 Å². The minimum absolute atomic E-state index is 0.0235. The summed E-state index contributed by atoms with van der Waals surface area (Å²) in [4.78, 5) is 11.4. The molecule has 2 fully saturated rings. The van der Waals surface area contributed by atoms with E-state index < -0.39 is 0 Å². The molecule has 2 heteroatoms. The van der Waals surface area contributed by atoms with Gasteiger partial charge in [0, 0.05) is 6.04 Å². The molecule has 0 saturated heterocycles. The molecule has 3 atom stereocenters. The number of nitrogens with one attached hydrogen (secondary N) is 1. The standard InChI is InChI=1S/C13H21NO/c1-5-11(15)14-10-8-9-6-7-13(10,4)12(9,2)3/h5,9-10H,1,6-8H2,2-4H3,(H,14,15)/t9-,10+,13+/m1/s1. The van der Waals surface area contributed by atoms with E-state index in [1.54, 1.807) is 0 Å². The van der Waals surface area contributed by atoms with Gasteiger partial charge in [-0.25, -0.2) is 0 Å². The number of carbonyl (C=O) groups is 1. The number of carbonyl (C=O) groups excluding carboxylic acids is 1. The van der Waals surface area contributed by atoms with Gasteiger partial charge in [-0.1, -0.05) is 27.4 Å². The molecular weight excluding hydrogens is 186 g/mol. The highest BCUT2D eigenvalue weighted by Crippen LogP contribution is 2.65. The molecule has 2 aliphatic rings. The van der Waals surface area contributed by atoms with E-state index in [2.05, 4.69) is 32.7 Å². The molecule has 2 saturated carbocycles. The fourth-order valence-corrected chi connectivity index (χ4v) is 3.65. The number of amides is 1. The topological polar surface area (TPSA) is 29.1 Å². The molecule has 0 aromatic carbocycles. The number of hydrogen-bond acceptors (Lipinski definition) is 1. The van der Waals surface area contributed by atoms with Crippen LogP contribution in [0.25, 0.3) is 0 Å². The van der Waals surface area contributed by atoms with Gasteiger partial charge in [-0.3, -0.25) is 4.79 Å². The predicted octanol–water partition coefficient (Wildman–Crippen LogP) is 2.50. The van der Waals surface area contributed by atoms with Crippen LogP contribution in [0, 0.1) is 16.7 Å². The lowest BCUT2D eigenvalue weighted by Crippen LogP contribution is -2.46. The fraction of sp³-hybridized carbons (Fsp3) is 0.769. The summed E-state index contributed by atoms with van der Waals surface area (Å²) < 4.78 is 0. The third-order valence-corrected chi connectivity index (χ3v) is 5.30. The van der Waals surface area contributed by atoms with Crippen molar-refractivity contribution in [2.75, 3.05) is 0 Å². The Hall–Kier alpha value is -0.790. The van der Waals surface area contributed by atoms with Gasteiger partial charge in [-0.2, -0.15) is 0 Å². The van der Waals surface area contributed by atoms with Gasteiger partial charge in [0.2, 0.25) is 5.91 Å². The molecule has 0 aromatic rings. The quantitative estimate of drug-likeness (QED) is 0.693. The molecule has 0 aliphatic heterocycles. The van der Waals surface area contributed by atoms with Crippen molar-refractivity contribution in [3.63, 3.8) is 0 Å². The molecule has 0 unspecified atom stereocenters. The lowest BCUT2D eigenvalue weighted by molar-refractivity contribution is -0.118. The second-order valence-electron chi connectivity index (χ2n) is 5.88. The van der Waals surface area contributed by atoms with E-state index in [4.69, 9.17) is 0 Å². The Morgan fingerprint density at radius 1 is 1.47 bits per heavy atom. The molecular formula is C13H21NO. The maximum atomic E-state index is 11.4. The second-order valence-corrected chi connectivity index (χ2v) is 5.88. The van der Waals surface area contributed by atoms with Crippen LogP contribution in [0.5, 0.6) is 0 Å². The van der Waals surface area contributed by atoms with Crippen molar-refractivity contribution < 1.29 is 4.79 Å². The molecule has 0 radical (unpaired) electrons. The zero-order chi connectivity index (χ0) is 11.3. The lowest BCUT2D eigenvalue weighted by Gasteiger charge is -2.39. The minimum atomic E-state index is -0.0235. The maximum Gasteiger partial charge on any atom is 0.243 e. The van der Waals surface area contributed by atoms with E-state index in [9.17, 15) is 4.79 Å². The van der Waals surface area contributed by atoms with Gasteiger partial charge >= 0.3 is 0 Å². The Kier molecular flexibility index (Phi) is 2.21. The normalized spacial score (nSPS) is 41.5. The summed E-state index contributed by atoms with van der Waals surface area (Å²) >= 11 is 0. The van der Waals surface area contributed by atoms with Crippen LogP contribution in [0.3, 0.4) is 0 Å². The van der Waals surface area contributed by atoms with Gasteiger partial charge in [-0.05, 0) is 42.1 Å². The van der Waals surface area contributed by atoms with E-state index in [0.717, 1.165) is 12.3 Å². The van der Waals surface area contributed by atoms with Crippen LogP contribution in [0.1, 0.15) is 40.0 Å². The summed E-state index contributed by atoms with van der Waals surface area (Å²) in [5.74, 6) is 0.752. The van der Waals surface area contributed by atoms with Crippen molar-refractivity contribution >= 4 is 5.91 Å². The fourth-order valence-electron chi connectivity index (χ4n) is 3.65. The predicted molar refractivity (Wildman–Crippen MR) is 61.4 cm³/mol. The molecule has 1 amide bonds. The molecule has 15 heavy (non-hydrogen) atoms. The maximum absolute atomic E-state index is 11.4. The van der Waals surface area contributed by atoms with Gasteiger partial charge < -0.3 is 5.32 Å². The van der Waals surface area contributed by atoms with Crippen LogP contribution in [0.4, 0.5) is 0 Å². The summed E-state index contributed by atoms with van der Waals surface area (Å²) in [7, 11) is 0. The second kappa shape index (κ2) is 3.10. The smallest absolute Gasteiger partial charge is 0.243 e. The largest absolute Gasteiger partial charge is 0.349 e. The Morgan fingerprint density at radius 2 is 2.13 bits per heavy atom. The molecule has 0 aromatic heterocycles. The minimum Gasteiger partial charge on any atom is -0.349 e. The third-order valence-electron chi connectivity index (χ3n) is 5.30. The van der Waals surface area contributed by atoms with Gasteiger partial charge in [0.25, 0.3) is 0 Å². The van der Waals surface area contributed by atoms with Crippen LogP contribution in [0.2, 0.25) is 0 Å². The molecule has 1 N–H and O–H groups in total. The SMILES string of the molecule is C=CC(=O)N[C@H]1C[C@H]2CC[C@]1(C)C2(C)C. The van der Waals surface area contributed by atoms with E-state index >= 15 is 0 Å². The van der Waals surface area contributed by atoms with Crippen molar-refractivity contribution in [1.29, 1.82) is 0 Å². The third kappa shape index (κ3) is 1.27. The van der Waals surface area contributed by atoms with Crippen molar-refractivity contribution in [1.82, 2.24) is 5.32 Å². The summed E-state index contributed by atoms with van der Waals surface area (Å²) in [6.07, 6.45) is 5.09. The van der Waals surface area contributed by atoms with E-state index in [0.29, 0.717) is 11.5 Å². The summed E-state index contributed by atoms with van der Waals surface area (Å²) in [5, 5.41) is 3.10. The first-order chi connectivity index (χ1) is 6.91. The molecule has 0 spiro atoms. The Bertz CT molecular complexity index is 308. The first-order valence-electron chi connectivity index (χ1n) is 5.85. The molecule has 2 bridgehead atoms. The van der Waals surface area contributed by atoms with Crippen LogP contribution < -0.4 is 5.32 Å². The first kappa shape index (κ1) is 10.7. The van der Waals surface area contributed by atoms with E-state index in [1.807, 2.05) is 0 Å². The van der Waals surface area contributed by atoms with E-state index in [-0.39, 0.29) is 11.3 Å². The Labute approximate surface area is 92.1 Å². The van der Waals surface area contributed by atoms with Crippen molar-refractivity contribution in [2.45, 2.75) is 46.1 Å². The highest BCUT2D eigenvalue weighted by atomic mass is 16.1. The average Bonchev–Trinajstić information content (AvgIpc) is 2.50. The van der Waals surface area contributed by atoms with Crippen LogP contribution >= 0.6 is 0 Å². The Balaban J connectivity index is 2.19. The molecule has 2 rings (SSSR count). The highest BCUT2D eigenvalue weighted by Gasteiger charge is 2.61. The van der Waals surface area contributed by atoms with Crippen molar-refractivity contribution in [3.8, 4) is 0 Å². The number of hydrogen-bond donors (Lipinski definition) is 1. The van der Waals surface area contributed by atoms with Crippen molar-refractivity contribution in [3.05, 3.63) is 12.7 Å². The molecule has 2 aliphatic carbocycles. The molecule has 0 heterocycles. The monoisotopic (exact) mass is 207 g/mol. The average molecular weight is 207 g/mol. The summed E-state index contributed by atoms with van der Waals surface area (Å²) in [5.41, 5.74) is 0.641. The summed E-state index contributed by atoms with van der Waals surface area (Å²) in [6, 6.07) is 0.344. The number of rotatable bonds is 2. The van der Waals surface area contributed by atoms with E-state index in [1.165, 1.54) is 18.9 Å². The highest BCUT2D eigenvalue weighted by molar-refractivity contribution is 5.87. The lowest BCUT2D eigenvalue weighted by atomic mass is 9.69. The van der Waals surface area contributed by atoms with Gasteiger partial charge in [0.05, 0.1) is 0 Å². The molecule has 2 nitrogen and oxygen atoms in total. The van der Waals surface area contributed by atoms with Crippen LogP contribution in [-0.4, -0.2) is 11.9 Å². The summed E-state index contributed by atoms with van der Waals surface area (Å²) in [6.45, 7) is 10.5. The first-order valence-corrected chi connectivity index (χ1v) is 5.85.